The number of amides is 1. The Labute approximate surface area is 172 Å². The van der Waals surface area contributed by atoms with Gasteiger partial charge < -0.3 is 20.1 Å². The predicted molar refractivity (Wildman–Crippen MR) is 107 cm³/mol. The first-order valence-corrected chi connectivity index (χ1v) is 10.1. The van der Waals surface area contributed by atoms with Crippen LogP contribution in [0.1, 0.15) is 36.5 Å². The number of allylic oxidation sites excluding steroid dienone is 1. The second-order valence-electron chi connectivity index (χ2n) is 8.24. The van der Waals surface area contributed by atoms with Crippen LogP contribution in [0.4, 0.5) is 10.2 Å². The Kier molecular flexibility index (Phi) is 4.46. The van der Waals surface area contributed by atoms with Crippen LogP contribution in [0, 0.1) is 5.41 Å². The number of ether oxygens (including phenoxy) is 1. The van der Waals surface area contributed by atoms with E-state index in [-0.39, 0.29) is 37.3 Å². The molecule has 0 aromatic carbocycles. The molecule has 1 amide bonds. The Morgan fingerprint density at radius 2 is 2.30 bits per heavy atom. The molecule has 0 saturated carbocycles. The number of nitrogens with one attached hydrogen (secondary N) is 1. The van der Waals surface area contributed by atoms with Gasteiger partial charge >= 0.3 is 0 Å². The van der Waals surface area contributed by atoms with E-state index in [0.717, 1.165) is 19.4 Å². The topological polar surface area (TPSA) is 104 Å². The summed E-state index contributed by atoms with van der Waals surface area (Å²) in [6.45, 7) is 2.65. The molecule has 9 nitrogen and oxygen atoms in total. The summed E-state index contributed by atoms with van der Waals surface area (Å²) in [4.78, 5) is 23.7. The zero-order valence-corrected chi connectivity index (χ0v) is 16.6. The summed E-state index contributed by atoms with van der Waals surface area (Å²) >= 11 is 0. The van der Waals surface area contributed by atoms with Crippen molar-refractivity contribution in [3.63, 3.8) is 0 Å². The first kappa shape index (κ1) is 19.0. The second kappa shape index (κ2) is 7.05. The van der Waals surface area contributed by atoms with Crippen molar-refractivity contribution in [3.05, 3.63) is 36.1 Å². The van der Waals surface area contributed by atoms with E-state index in [1.54, 1.807) is 10.7 Å². The molecule has 0 spiro atoms. The molecule has 0 aliphatic carbocycles. The molecule has 3 aliphatic rings. The van der Waals surface area contributed by atoms with Crippen LogP contribution in [0.2, 0.25) is 0 Å². The SMILES string of the molecule is CC12CC(F)=CN=C1OC[C@H](O)CNC(=O)c1cnn3ccc(nc13)N1CCC[C@@H]12. The van der Waals surface area contributed by atoms with Gasteiger partial charge in [-0.25, -0.2) is 18.9 Å². The van der Waals surface area contributed by atoms with Gasteiger partial charge in [0.1, 0.15) is 29.9 Å². The number of hydrogen-bond acceptors (Lipinski definition) is 7. The maximum Gasteiger partial charge on any atom is 0.256 e. The van der Waals surface area contributed by atoms with Gasteiger partial charge in [0.05, 0.1) is 17.8 Å². The normalized spacial score (nSPS) is 29.4. The molecule has 2 aromatic rings. The molecule has 158 valence electrons. The molecule has 2 bridgehead atoms. The summed E-state index contributed by atoms with van der Waals surface area (Å²) in [6.07, 6.45) is 5.38. The van der Waals surface area contributed by atoms with Crippen LogP contribution in [0.25, 0.3) is 5.65 Å². The molecular formula is C20H23FN6O3. The highest BCUT2D eigenvalue weighted by Gasteiger charge is 2.48. The van der Waals surface area contributed by atoms with Crippen molar-refractivity contribution in [2.24, 2.45) is 10.4 Å². The molecule has 5 rings (SSSR count). The fourth-order valence-electron chi connectivity index (χ4n) is 4.63. The molecule has 1 saturated heterocycles. The zero-order valence-electron chi connectivity index (χ0n) is 16.6. The fraction of sp³-hybridized carbons (Fsp3) is 0.500. The van der Waals surface area contributed by atoms with Crippen LogP contribution in [-0.4, -0.2) is 63.4 Å². The Balaban J connectivity index is 1.63. The summed E-state index contributed by atoms with van der Waals surface area (Å²) in [6, 6.07) is 1.76. The molecule has 3 aliphatic heterocycles. The smallest absolute Gasteiger partial charge is 0.256 e. The summed E-state index contributed by atoms with van der Waals surface area (Å²) < 4.78 is 21.7. The molecule has 30 heavy (non-hydrogen) atoms. The standard InChI is InChI=1S/C20H23FN6O3/c1-20-7-12(21)8-23-19(20)30-11-13(28)9-22-18(29)14-10-24-27-6-4-16(25-17(14)27)26-5-2-3-15(20)26/h4,6,8,10,13,15,28H,2-3,5,7,9,11H2,1H3,(H,22,29)/t13-,15-,20?/m1/s1. The number of aliphatic imine (C=N–C) groups is 1. The van der Waals surface area contributed by atoms with Gasteiger partial charge in [0.2, 0.25) is 0 Å². The maximum atomic E-state index is 14.3. The van der Waals surface area contributed by atoms with Crippen LogP contribution >= 0.6 is 0 Å². The van der Waals surface area contributed by atoms with Crippen LogP contribution in [-0.2, 0) is 4.74 Å². The largest absolute Gasteiger partial charge is 0.477 e. The molecule has 2 aromatic heterocycles. The number of anilines is 1. The van der Waals surface area contributed by atoms with Crippen molar-refractivity contribution >= 4 is 23.3 Å². The minimum absolute atomic E-state index is 0.000385. The van der Waals surface area contributed by atoms with E-state index >= 15 is 0 Å². The lowest BCUT2D eigenvalue weighted by Gasteiger charge is -2.42. The number of rotatable bonds is 0. The van der Waals surface area contributed by atoms with Crippen molar-refractivity contribution in [2.75, 3.05) is 24.6 Å². The summed E-state index contributed by atoms with van der Waals surface area (Å²) in [7, 11) is 0. The van der Waals surface area contributed by atoms with Crippen molar-refractivity contribution < 1.29 is 19.0 Å². The fourth-order valence-corrected chi connectivity index (χ4v) is 4.63. The van der Waals surface area contributed by atoms with E-state index in [1.165, 1.54) is 12.4 Å². The Morgan fingerprint density at radius 1 is 1.43 bits per heavy atom. The van der Waals surface area contributed by atoms with Crippen molar-refractivity contribution in [2.45, 2.75) is 38.3 Å². The number of nitrogens with zero attached hydrogens (tertiary/aromatic N) is 5. The first-order chi connectivity index (χ1) is 14.5. The molecule has 5 heterocycles. The molecule has 1 unspecified atom stereocenters. The third-order valence-electron chi connectivity index (χ3n) is 6.14. The number of carbonyl (C=O) groups excluding carboxylic acids is 1. The third-order valence-corrected chi connectivity index (χ3v) is 6.14. The number of aliphatic hydroxyl groups is 1. The van der Waals surface area contributed by atoms with Gasteiger partial charge in [0.15, 0.2) is 11.5 Å². The van der Waals surface area contributed by atoms with Crippen LogP contribution in [0.3, 0.4) is 0 Å². The number of fused-ring (bicyclic) bond motifs is 5. The molecular weight excluding hydrogens is 391 g/mol. The minimum atomic E-state index is -0.940. The molecule has 3 atom stereocenters. The van der Waals surface area contributed by atoms with Gasteiger partial charge in [-0.3, -0.25) is 4.79 Å². The predicted octanol–water partition coefficient (Wildman–Crippen LogP) is 1.44. The maximum absolute atomic E-state index is 14.3. The molecule has 1 fully saturated rings. The number of aromatic nitrogens is 3. The van der Waals surface area contributed by atoms with Crippen LogP contribution < -0.4 is 10.2 Å². The first-order valence-electron chi connectivity index (χ1n) is 10.1. The zero-order chi connectivity index (χ0) is 20.9. The number of halogens is 1. The summed E-state index contributed by atoms with van der Waals surface area (Å²) in [5.41, 5.74) is 0.0596. The molecule has 0 radical (unpaired) electrons. The lowest BCUT2D eigenvalue weighted by Crippen LogP contribution is -2.50. The van der Waals surface area contributed by atoms with Crippen molar-refractivity contribution in [1.29, 1.82) is 0 Å². The van der Waals surface area contributed by atoms with Gasteiger partial charge in [-0.2, -0.15) is 5.10 Å². The van der Waals surface area contributed by atoms with Crippen molar-refractivity contribution in [3.8, 4) is 0 Å². The summed E-state index contributed by atoms with van der Waals surface area (Å²) in [5, 5.41) is 17.2. The van der Waals surface area contributed by atoms with E-state index in [1.807, 2.05) is 13.0 Å². The average Bonchev–Trinajstić information content (AvgIpc) is 3.37. The number of hydrogen-bond donors (Lipinski definition) is 2. The van der Waals surface area contributed by atoms with E-state index < -0.39 is 11.5 Å². The highest BCUT2D eigenvalue weighted by molar-refractivity contribution is 5.99. The van der Waals surface area contributed by atoms with Gasteiger partial charge in [-0.15, -0.1) is 0 Å². The Morgan fingerprint density at radius 3 is 3.17 bits per heavy atom. The Hall–Kier alpha value is -3.01. The number of β-amino-alcohol motifs (C(OH)–C–C–N with tert-alkyl or cyclic N) is 1. The van der Waals surface area contributed by atoms with Gasteiger partial charge in [-0.1, -0.05) is 0 Å². The van der Waals surface area contributed by atoms with Crippen molar-refractivity contribution in [1.82, 2.24) is 19.9 Å². The van der Waals surface area contributed by atoms with Gasteiger partial charge in [-0.05, 0) is 25.8 Å². The van der Waals surface area contributed by atoms with Gasteiger partial charge in [0.25, 0.3) is 5.91 Å². The Bertz CT molecular complexity index is 1070. The monoisotopic (exact) mass is 414 g/mol. The lowest BCUT2D eigenvalue weighted by molar-refractivity contribution is 0.0773. The third kappa shape index (κ3) is 3.02. The van der Waals surface area contributed by atoms with Crippen LogP contribution in [0.15, 0.2) is 35.5 Å². The second-order valence-corrected chi connectivity index (χ2v) is 8.24. The van der Waals surface area contributed by atoms with E-state index in [9.17, 15) is 14.3 Å². The molecule has 10 heteroatoms. The highest BCUT2D eigenvalue weighted by atomic mass is 19.1. The highest BCUT2D eigenvalue weighted by Crippen LogP contribution is 2.43. The quantitative estimate of drug-likeness (QED) is 0.676. The van der Waals surface area contributed by atoms with E-state index in [2.05, 4.69) is 20.3 Å². The van der Waals surface area contributed by atoms with Gasteiger partial charge in [0, 0.05) is 31.7 Å². The minimum Gasteiger partial charge on any atom is -0.477 e. The van der Waals surface area contributed by atoms with E-state index in [4.69, 9.17) is 9.72 Å². The molecule has 2 N–H and O–H groups in total. The number of carbonyl (C=O) groups is 1. The summed E-state index contributed by atoms with van der Waals surface area (Å²) in [5.74, 6) is 0.433. The lowest BCUT2D eigenvalue weighted by atomic mass is 9.76. The van der Waals surface area contributed by atoms with E-state index in [0.29, 0.717) is 22.9 Å². The number of aliphatic hydroxyl groups excluding tert-OH is 1. The average molecular weight is 414 g/mol. The van der Waals surface area contributed by atoms with Crippen LogP contribution in [0.5, 0.6) is 0 Å².